The molecule has 0 fully saturated rings. The van der Waals surface area contributed by atoms with Gasteiger partial charge in [-0.05, 0) is 23.3 Å². The predicted molar refractivity (Wildman–Crippen MR) is 54.5 cm³/mol. The van der Waals surface area contributed by atoms with E-state index in [-0.39, 0.29) is 13.1 Å². The van der Waals surface area contributed by atoms with Crippen LogP contribution in [-0.2, 0) is 17.9 Å². The third-order valence-electron chi connectivity index (χ3n) is 2.42. The zero-order valence-electron chi connectivity index (χ0n) is 8.01. The van der Waals surface area contributed by atoms with Crippen LogP contribution in [0, 0.1) is 0 Å². The van der Waals surface area contributed by atoms with Gasteiger partial charge in [0.1, 0.15) is 0 Å². The first-order valence-electron chi connectivity index (χ1n) is 4.51. The molecular weight excluding hydrogens is 287 g/mol. The standard InChI is InChI=1S/C10H7BrF3NO/c11-8-2-1-6-4-15(5-7(6)3-8)9(16)10(12,13)14/h1-3H,4-5H2. The molecule has 86 valence electrons. The van der Waals surface area contributed by atoms with Gasteiger partial charge in [-0.1, -0.05) is 22.0 Å². The molecule has 0 unspecified atom stereocenters. The second-order valence-corrected chi connectivity index (χ2v) is 4.49. The van der Waals surface area contributed by atoms with Gasteiger partial charge in [-0.15, -0.1) is 0 Å². The Kier molecular flexibility index (Phi) is 2.69. The molecule has 0 spiro atoms. The fourth-order valence-corrected chi connectivity index (χ4v) is 2.09. The molecule has 0 bridgehead atoms. The van der Waals surface area contributed by atoms with Crippen LogP contribution in [0.25, 0.3) is 0 Å². The van der Waals surface area contributed by atoms with Crippen molar-refractivity contribution >= 4 is 21.8 Å². The molecule has 6 heteroatoms. The number of hydrogen-bond donors (Lipinski definition) is 0. The van der Waals surface area contributed by atoms with Gasteiger partial charge in [0.25, 0.3) is 0 Å². The fourth-order valence-electron chi connectivity index (χ4n) is 1.69. The summed E-state index contributed by atoms with van der Waals surface area (Å²) in [5, 5.41) is 0. The molecule has 0 radical (unpaired) electrons. The number of fused-ring (bicyclic) bond motifs is 1. The molecule has 1 aromatic carbocycles. The molecule has 16 heavy (non-hydrogen) atoms. The highest BCUT2D eigenvalue weighted by Crippen LogP contribution is 2.29. The molecule has 0 saturated heterocycles. The number of halogens is 4. The third-order valence-corrected chi connectivity index (χ3v) is 2.91. The Morgan fingerprint density at radius 1 is 1.25 bits per heavy atom. The Morgan fingerprint density at radius 3 is 2.50 bits per heavy atom. The van der Waals surface area contributed by atoms with Crippen LogP contribution in [0.2, 0.25) is 0 Å². The van der Waals surface area contributed by atoms with Gasteiger partial charge < -0.3 is 4.90 Å². The second-order valence-electron chi connectivity index (χ2n) is 3.57. The van der Waals surface area contributed by atoms with Gasteiger partial charge >= 0.3 is 12.1 Å². The van der Waals surface area contributed by atoms with Gasteiger partial charge in [-0.2, -0.15) is 13.2 Å². The molecular formula is C10H7BrF3NO. The molecule has 1 aliphatic heterocycles. The summed E-state index contributed by atoms with van der Waals surface area (Å²) < 4.78 is 37.4. The second kappa shape index (κ2) is 3.76. The number of benzene rings is 1. The van der Waals surface area contributed by atoms with E-state index in [1.165, 1.54) is 0 Å². The van der Waals surface area contributed by atoms with Crippen LogP contribution >= 0.6 is 15.9 Å². The summed E-state index contributed by atoms with van der Waals surface area (Å²) in [7, 11) is 0. The Morgan fingerprint density at radius 2 is 1.88 bits per heavy atom. The van der Waals surface area contributed by atoms with Crippen molar-refractivity contribution in [2.45, 2.75) is 19.3 Å². The average molecular weight is 294 g/mol. The van der Waals surface area contributed by atoms with E-state index in [4.69, 9.17) is 0 Å². The third kappa shape index (κ3) is 2.07. The lowest BCUT2D eigenvalue weighted by Crippen LogP contribution is -2.37. The highest BCUT2D eigenvalue weighted by molar-refractivity contribution is 9.10. The lowest BCUT2D eigenvalue weighted by atomic mass is 10.1. The quantitative estimate of drug-likeness (QED) is 0.720. The van der Waals surface area contributed by atoms with Crippen molar-refractivity contribution in [3.05, 3.63) is 33.8 Å². The number of carbonyl (C=O) groups excluding carboxylic acids is 1. The maximum Gasteiger partial charge on any atom is 0.471 e. The van der Waals surface area contributed by atoms with Crippen LogP contribution in [0.3, 0.4) is 0 Å². The normalized spacial score (nSPS) is 15.1. The number of amides is 1. The molecule has 0 saturated carbocycles. The van der Waals surface area contributed by atoms with Crippen molar-refractivity contribution in [3.8, 4) is 0 Å². The molecule has 0 atom stereocenters. The Labute approximate surface area is 98.2 Å². The molecule has 1 heterocycles. The Hall–Kier alpha value is -1.04. The summed E-state index contributed by atoms with van der Waals surface area (Å²) in [6.07, 6.45) is -4.79. The van der Waals surface area contributed by atoms with E-state index >= 15 is 0 Å². The van der Waals surface area contributed by atoms with Crippen LogP contribution in [0.15, 0.2) is 22.7 Å². The van der Waals surface area contributed by atoms with Crippen molar-refractivity contribution in [3.63, 3.8) is 0 Å². The SMILES string of the molecule is O=C(N1Cc2ccc(Br)cc2C1)C(F)(F)F. The van der Waals surface area contributed by atoms with E-state index in [0.29, 0.717) is 0 Å². The van der Waals surface area contributed by atoms with E-state index in [0.717, 1.165) is 20.5 Å². The van der Waals surface area contributed by atoms with Gasteiger partial charge in [0.2, 0.25) is 0 Å². The van der Waals surface area contributed by atoms with Crippen LogP contribution in [-0.4, -0.2) is 17.0 Å². The zero-order chi connectivity index (χ0) is 11.9. The number of hydrogen-bond acceptors (Lipinski definition) is 1. The van der Waals surface area contributed by atoms with E-state index in [1.54, 1.807) is 18.2 Å². The first kappa shape index (κ1) is 11.4. The Balaban J connectivity index is 2.20. The molecule has 2 rings (SSSR count). The topological polar surface area (TPSA) is 20.3 Å². The first-order chi connectivity index (χ1) is 7.38. The zero-order valence-corrected chi connectivity index (χ0v) is 9.60. The van der Waals surface area contributed by atoms with E-state index in [1.807, 2.05) is 0 Å². The molecule has 2 nitrogen and oxygen atoms in total. The molecule has 1 aliphatic rings. The monoisotopic (exact) mass is 293 g/mol. The minimum absolute atomic E-state index is 0.0209. The van der Waals surface area contributed by atoms with Crippen LogP contribution in [0.5, 0.6) is 0 Å². The lowest BCUT2D eigenvalue weighted by molar-refractivity contribution is -0.186. The number of nitrogens with zero attached hydrogens (tertiary/aromatic N) is 1. The lowest BCUT2D eigenvalue weighted by Gasteiger charge is -2.16. The maximum absolute atomic E-state index is 12.2. The number of carbonyl (C=O) groups is 1. The van der Waals surface area contributed by atoms with Gasteiger partial charge in [0.15, 0.2) is 0 Å². The van der Waals surface area contributed by atoms with Crippen molar-refractivity contribution in [1.82, 2.24) is 4.90 Å². The largest absolute Gasteiger partial charge is 0.471 e. The average Bonchev–Trinajstić information content (AvgIpc) is 2.57. The van der Waals surface area contributed by atoms with Gasteiger partial charge in [0, 0.05) is 17.6 Å². The summed E-state index contributed by atoms with van der Waals surface area (Å²) in [6.45, 7) is 0.0497. The van der Waals surface area contributed by atoms with Crippen LogP contribution in [0.1, 0.15) is 11.1 Å². The summed E-state index contributed by atoms with van der Waals surface area (Å²) in [4.78, 5) is 11.8. The Bertz CT molecular complexity index is 444. The predicted octanol–water partition coefficient (Wildman–Crippen LogP) is 2.85. The van der Waals surface area contributed by atoms with Crippen LogP contribution in [0.4, 0.5) is 13.2 Å². The fraction of sp³-hybridized carbons (Fsp3) is 0.300. The highest BCUT2D eigenvalue weighted by atomic mass is 79.9. The molecule has 0 N–H and O–H groups in total. The summed E-state index contributed by atoms with van der Waals surface area (Å²) >= 11 is 3.24. The van der Waals surface area contributed by atoms with Gasteiger partial charge in [-0.25, -0.2) is 0 Å². The smallest absolute Gasteiger partial charge is 0.326 e. The van der Waals surface area contributed by atoms with E-state index in [9.17, 15) is 18.0 Å². The number of rotatable bonds is 0. The number of alkyl halides is 3. The highest BCUT2D eigenvalue weighted by Gasteiger charge is 2.43. The molecule has 0 aromatic heterocycles. The van der Waals surface area contributed by atoms with Crippen molar-refractivity contribution < 1.29 is 18.0 Å². The van der Waals surface area contributed by atoms with Crippen molar-refractivity contribution in [2.75, 3.05) is 0 Å². The van der Waals surface area contributed by atoms with Crippen molar-refractivity contribution in [2.24, 2.45) is 0 Å². The summed E-state index contributed by atoms with van der Waals surface area (Å²) in [6, 6.07) is 5.21. The minimum Gasteiger partial charge on any atom is -0.326 e. The molecule has 1 aromatic rings. The maximum atomic E-state index is 12.2. The van der Waals surface area contributed by atoms with E-state index in [2.05, 4.69) is 15.9 Å². The van der Waals surface area contributed by atoms with Gasteiger partial charge in [0.05, 0.1) is 0 Å². The molecule has 1 amide bonds. The molecule has 0 aliphatic carbocycles. The first-order valence-corrected chi connectivity index (χ1v) is 5.30. The van der Waals surface area contributed by atoms with Crippen LogP contribution < -0.4 is 0 Å². The summed E-state index contributed by atoms with van der Waals surface area (Å²) in [5.74, 6) is -1.78. The van der Waals surface area contributed by atoms with E-state index < -0.39 is 12.1 Å². The summed E-state index contributed by atoms with van der Waals surface area (Å²) in [5.41, 5.74) is 1.52. The minimum atomic E-state index is -4.79. The van der Waals surface area contributed by atoms with Crippen molar-refractivity contribution in [1.29, 1.82) is 0 Å². The van der Waals surface area contributed by atoms with Gasteiger partial charge in [-0.3, -0.25) is 4.79 Å².